The lowest BCUT2D eigenvalue weighted by molar-refractivity contribution is 0.287. The van der Waals surface area contributed by atoms with Crippen molar-refractivity contribution in [2.24, 2.45) is 5.92 Å². The van der Waals surface area contributed by atoms with Crippen molar-refractivity contribution in [3.05, 3.63) is 24.4 Å². The summed E-state index contributed by atoms with van der Waals surface area (Å²) < 4.78 is 0. The minimum atomic E-state index is 0.134. The first kappa shape index (κ1) is 15.7. The Morgan fingerprint density at radius 3 is 2.53 bits per heavy atom. The van der Waals surface area contributed by atoms with Gasteiger partial charge < -0.3 is 10.2 Å². The smallest absolute Gasteiger partial charge is 0.0659 e. The van der Waals surface area contributed by atoms with Gasteiger partial charge in [0.25, 0.3) is 0 Å². The quantitative estimate of drug-likeness (QED) is 0.624. The van der Waals surface area contributed by atoms with E-state index < -0.39 is 0 Å². The van der Waals surface area contributed by atoms with Crippen LogP contribution < -0.4 is 5.32 Å². The van der Waals surface area contributed by atoms with E-state index in [1.54, 1.807) is 0 Å². The predicted octanol–water partition coefficient (Wildman–Crippen LogP) is 2.54. The second kappa shape index (κ2) is 11.2. The summed E-state index contributed by atoms with van der Waals surface area (Å²) in [6.07, 6.45) is 9.65. The first-order chi connectivity index (χ1) is 8.28. The van der Waals surface area contributed by atoms with Crippen molar-refractivity contribution in [1.29, 1.82) is 5.26 Å². The number of allylic oxidation sites excluding steroid dienone is 3. The molecule has 0 aliphatic rings. The van der Waals surface area contributed by atoms with Gasteiger partial charge in [0, 0.05) is 7.05 Å². The molecule has 0 radical (unpaired) electrons. The predicted molar refractivity (Wildman–Crippen MR) is 73.5 cm³/mol. The average molecular weight is 235 g/mol. The Kier molecular flexibility index (Phi) is 10.4. The molecule has 3 heteroatoms. The van der Waals surface area contributed by atoms with Crippen molar-refractivity contribution < 1.29 is 0 Å². The number of nitriles is 1. The number of nitrogens with one attached hydrogen (secondary N) is 1. The molecule has 0 bridgehead atoms. The van der Waals surface area contributed by atoms with Gasteiger partial charge in [0.1, 0.15) is 0 Å². The average Bonchev–Trinajstić information content (AvgIpc) is 2.37. The molecule has 0 aliphatic heterocycles. The highest BCUT2D eigenvalue weighted by Gasteiger charge is 2.07. The molecular formula is C14H25N3. The van der Waals surface area contributed by atoms with E-state index in [9.17, 15) is 0 Å². The fourth-order valence-electron chi connectivity index (χ4n) is 1.59. The summed E-state index contributed by atoms with van der Waals surface area (Å²) in [5, 5.41) is 12.0. The van der Waals surface area contributed by atoms with Crippen LogP contribution in [0, 0.1) is 17.2 Å². The number of hydrogen-bond acceptors (Lipinski definition) is 3. The van der Waals surface area contributed by atoms with Gasteiger partial charge in [-0.3, -0.25) is 0 Å². The van der Waals surface area contributed by atoms with E-state index in [0.29, 0.717) is 0 Å². The fourth-order valence-corrected chi connectivity index (χ4v) is 1.59. The van der Waals surface area contributed by atoms with Gasteiger partial charge in [0.05, 0.1) is 12.0 Å². The summed E-state index contributed by atoms with van der Waals surface area (Å²) in [7, 11) is 1.87. The van der Waals surface area contributed by atoms with Crippen molar-refractivity contribution in [1.82, 2.24) is 10.2 Å². The zero-order chi connectivity index (χ0) is 12.9. The minimum Gasteiger partial charge on any atom is -0.394 e. The topological polar surface area (TPSA) is 39.1 Å². The monoisotopic (exact) mass is 235 g/mol. The Hall–Kier alpha value is -1.27. The van der Waals surface area contributed by atoms with Crippen LogP contribution in [0.25, 0.3) is 0 Å². The van der Waals surface area contributed by atoms with Crippen molar-refractivity contribution in [3.8, 4) is 6.07 Å². The number of hydrogen-bond donors (Lipinski definition) is 1. The van der Waals surface area contributed by atoms with Crippen LogP contribution in [0.15, 0.2) is 24.4 Å². The molecule has 0 aromatic carbocycles. The van der Waals surface area contributed by atoms with E-state index in [1.807, 2.05) is 25.4 Å². The van der Waals surface area contributed by atoms with Gasteiger partial charge in [-0.15, -0.1) is 0 Å². The normalized spacial score (nSPS) is 13.4. The van der Waals surface area contributed by atoms with Crippen LogP contribution in [0.3, 0.4) is 0 Å². The van der Waals surface area contributed by atoms with Gasteiger partial charge >= 0.3 is 0 Å². The SMILES string of the molecule is CCN(CC)CCC(C#N)C/C=C\C=C/NC. The van der Waals surface area contributed by atoms with Crippen molar-refractivity contribution in [2.45, 2.75) is 26.7 Å². The van der Waals surface area contributed by atoms with Crippen LogP contribution >= 0.6 is 0 Å². The molecule has 1 unspecified atom stereocenters. The number of rotatable bonds is 9. The van der Waals surface area contributed by atoms with Crippen molar-refractivity contribution in [2.75, 3.05) is 26.7 Å². The second-order valence-electron chi connectivity index (χ2n) is 3.95. The molecule has 0 aliphatic carbocycles. The molecule has 0 saturated carbocycles. The van der Waals surface area contributed by atoms with Crippen LogP contribution in [0.4, 0.5) is 0 Å². The Morgan fingerprint density at radius 1 is 1.29 bits per heavy atom. The summed E-state index contributed by atoms with van der Waals surface area (Å²) in [6, 6.07) is 2.38. The van der Waals surface area contributed by atoms with E-state index in [2.05, 4.69) is 36.2 Å². The van der Waals surface area contributed by atoms with E-state index >= 15 is 0 Å². The van der Waals surface area contributed by atoms with Gasteiger partial charge in [-0.25, -0.2) is 0 Å². The van der Waals surface area contributed by atoms with Crippen LogP contribution in [0.1, 0.15) is 26.7 Å². The Balaban J connectivity index is 3.88. The lowest BCUT2D eigenvalue weighted by Crippen LogP contribution is -2.25. The molecule has 0 heterocycles. The summed E-state index contributed by atoms with van der Waals surface area (Å²) in [6.45, 7) is 7.47. The Morgan fingerprint density at radius 2 is 2.00 bits per heavy atom. The summed E-state index contributed by atoms with van der Waals surface area (Å²) >= 11 is 0. The third kappa shape index (κ3) is 8.53. The molecule has 0 aromatic heterocycles. The molecule has 0 spiro atoms. The first-order valence-corrected chi connectivity index (χ1v) is 6.39. The largest absolute Gasteiger partial charge is 0.394 e. The molecule has 0 saturated heterocycles. The highest BCUT2D eigenvalue weighted by atomic mass is 15.1. The second-order valence-corrected chi connectivity index (χ2v) is 3.95. The van der Waals surface area contributed by atoms with E-state index in [-0.39, 0.29) is 5.92 Å². The van der Waals surface area contributed by atoms with Crippen molar-refractivity contribution >= 4 is 0 Å². The molecule has 1 N–H and O–H groups in total. The molecule has 96 valence electrons. The maximum Gasteiger partial charge on any atom is 0.0659 e. The molecule has 0 aromatic rings. The van der Waals surface area contributed by atoms with Crippen molar-refractivity contribution in [3.63, 3.8) is 0 Å². The van der Waals surface area contributed by atoms with Crippen LogP contribution in [0.5, 0.6) is 0 Å². The third-order valence-corrected chi connectivity index (χ3v) is 2.80. The summed E-state index contributed by atoms with van der Waals surface area (Å²) in [5.41, 5.74) is 0. The Bertz CT molecular complexity index is 259. The molecule has 3 nitrogen and oxygen atoms in total. The first-order valence-electron chi connectivity index (χ1n) is 6.39. The van der Waals surface area contributed by atoms with E-state index in [1.165, 1.54) is 0 Å². The van der Waals surface area contributed by atoms with Gasteiger partial charge in [-0.2, -0.15) is 5.26 Å². The maximum absolute atomic E-state index is 9.05. The molecular weight excluding hydrogens is 210 g/mol. The standard InChI is InChI=1S/C14H25N3/c1-4-17(5-2)12-10-14(13-15)9-7-6-8-11-16-3/h6-8,11,14,16H,4-5,9-10,12H2,1-3H3/b7-6-,11-8-. The fraction of sp³-hybridized carbons (Fsp3) is 0.643. The lowest BCUT2D eigenvalue weighted by atomic mass is 10.0. The molecule has 1 atom stereocenters. The van der Waals surface area contributed by atoms with Gasteiger partial charge in [0.15, 0.2) is 0 Å². The van der Waals surface area contributed by atoms with Gasteiger partial charge in [-0.1, -0.05) is 26.0 Å². The Labute approximate surface area is 106 Å². The molecule has 17 heavy (non-hydrogen) atoms. The minimum absolute atomic E-state index is 0.134. The molecule has 0 rings (SSSR count). The van der Waals surface area contributed by atoms with E-state index in [4.69, 9.17) is 5.26 Å². The van der Waals surface area contributed by atoms with Crippen LogP contribution in [-0.2, 0) is 0 Å². The zero-order valence-corrected chi connectivity index (χ0v) is 11.3. The van der Waals surface area contributed by atoms with E-state index in [0.717, 1.165) is 32.5 Å². The highest BCUT2D eigenvalue weighted by Crippen LogP contribution is 2.09. The van der Waals surface area contributed by atoms with Gasteiger partial charge in [-0.05, 0) is 44.8 Å². The zero-order valence-electron chi connectivity index (χ0n) is 11.3. The number of nitrogens with zero attached hydrogens (tertiary/aromatic N) is 2. The van der Waals surface area contributed by atoms with Gasteiger partial charge in [0.2, 0.25) is 0 Å². The summed E-state index contributed by atoms with van der Waals surface area (Å²) in [5.74, 6) is 0.134. The third-order valence-electron chi connectivity index (χ3n) is 2.80. The summed E-state index contributed by atoms with van der Waals surface area (Å²) in [4.78, 5) is 2.36. The lowest BCUT2D eigenvalue weighted by Gasteiger charge is -2.18. The maximum atomic E-state index is 9.05. The van der Waals surface area contributed by atoms with Crippen LogP contribution in [-0.4, -0.2) is 31.6 Å². The van der Waals surface area contributed by atoms with Crippen LogP contribution in [0.2, 0.25) is 0 Å². The highest BCUT2D eigenvalue weighted by molar-refractivity contribution is 5.03. The molecule has 0 amide bonds. The molecule has 0 fully saturated rings.